The second kappa shape index (κ2) is 7.34. The maximum Gasteiger partial charge on any atom is 0.276 e. The van der Waals surface area contributed by atoms with E-state index in [0.717, 1.165) is 5.69 Å². The maximum atomic E-state index is 12.3. The van der Waals surface area contributed by atoms with Crippen LogP contribution < -0.4 is 15.8 Å². The molecule has 0 spiro atoms. The van der Waals surface area contributed by atoms with Gasteiger partial charge in [0.2, 0.25) is 10.0 Å². The monoisotopic (exact) mass is 365 g/mol. The van der Waals surface area contributed by atoms with Crippen LogP contribution in [-0.4, -0.2) is 37.6 Å². The van der Waals surface area contributed by atoms with Crippen molar-refractivity contribution < 1.29 is 13.2 Å². The summed E-state index contributed by atoms with van der Waals surface area (Å²) in [6.45, 7) is 6.35. The first kappa shape index (κ1) is 19.1. The zero-order valence-corrected chi connectivity index (χ0v) is 15.3. The molecule has 0 saturated heterocycles. The molecule has 0 aliphatic rings. The molecular formula is C16H23N5O3S. The highest BCUT2D eigenvalue weighted by molar-refractivity contribution is 7.89. The van der Waals surface area contributed by atoms with Crippen LogP contribution in [0.15, 0.2) is 35.2 Å². The lowest BCUT2D eigenvalue weighted by Crippen LogP contribution is -2.29. The highest BCUT2D eigenvalue weighted by Gasteiger charge is 2.20. The number of rotatable bonds is 6. The minimum Gasteiger partial charge on any atom is -0.329 e. The van der Waals surface area contributed by atoms with Crippen molar-refractivity contribution in [3.63, 3.8) is 0 Å². The lowest BCUT2D eigenvalue weighted by molar-refractivity contribution is 0.102. The van der Waals surface area contributed by atoms with Gasteiger partial charge in [-0.25, -0.2) is 13.1 Å². The van der Waals surface area contributed by atoms with Gasteiger partial charge in [0.1, 0.15) is 0 Å². The predicted octanol–water partition coefficient (Wildman–Crippen LogP) is 1.20. The smallest absolute Gasteiger partial charge is 0.276 e. The SMILES string of the molecule is CC(C)(C)c1cc(C(=O)Nc2cccc(S(=O)(=O)NCCN)c2)n[nH]1. The summed E-state index contributed by atoms with van der Waals surface area (Å²) < 4.78 is 26.6. The summed E-state index contributed by atoms with van der Waals surface area (Å²) in [4.78, 5) is 12.4. The zero-order valence-electron chi connectivity index (χ0n) is 14.5. The standard InChI is InChI=1S/C16H23N5O3S/c1-16(2,3)14-10-13(20-21-14)15(22)19-11-5-4-6-12(9-11)25(23,24)18-8-7-17/h4-6,9-10,18H,7-8,17H2,1-3H3,(H,19,22)(H,20,21). The number of H-pyrrole nitrogens is 1. The molecule has 9 heteroatoms. The Bertz CT molecular complexity index is 853. The molecule has 1 amide bonds. The summed E-state index contributed by atoms with van der Waals surface area (Å²) in [5.74, 6) is -0.420. The number of carbonyl (C=O) groups excluding carboxylic acids is 1. The quantitative estimate of drug-likeness (QED) is 0.611. The number of amides is 1. The van der Waals surface area contributed by atoms with Gasteiger partial charge >= 0.3 is 0 Å². The van der Waals surface area contributed by atoms with Gasteiger partial charge in [-0.15, -0.1) is 0 Å². The normalized spacial score (nSPS) is 12.2. The van der Waals surface area contributed by atoms with Crippen LogP contribution in [0.5, 0.6) is 0 Å². The Balaban J connectivity index is 2.17. The third kappa shape index (κ3) is 4.88. The molecule has 1 aromatic heterocycles. The van der Waals surface area contributed by atoms with Crippen LogP contribution in [0.3, 0.4) is 0 Å². The Morgan fingerprint density at radius 1 is 1.28 bits per heavy atom. The fraction of sp³-hybridized carbons (Fsp3) is 0.375. The van der Waals surface area contributed by atoms with Gasteiger partial charge in [-0.3, -0.25) is 9.89 Å². The topological polar surface area (TPSA) is 130 Å². The van der Waals surface area contributed by atoms with Crippen molar-refractivity contribution in [3.8, 4) is 0 Å². The number of nitrogens with two attached hydrogens (primary N) is 1. The van der Waals surface area contributed by atoms with Crippen LogP contribution in [0, 0.1) is 0 Å². The molecule has 0 unspecified atom stereocenters. The van der Waals surface area contributed by atoms with E-state index in [1.165, 1.54) is 12.1 Å². The number of aromatic nitrogens is 2. The molecule has 0 bridgehead atoms. The van der Waals surface area contributed by atoms with E-state index in [1.807, 2.05) is 20.8 Å². The molecule has 0 radical (unpaired) electrons. The van der Waals surface area contributed by atoms with Crippen molar-refractivity contribution in [3.05, 3.63) is 41.7 Å². The number of anilines is 1. The van der Waals surface area contributed by atoms with E-state index in [-0.39, 0.29) is 29.1 Å². The summed E-state index contributed by atoms with van der Waals surface area (Å²) in [6, 6.07) is 7.67. The third-order valence-electron chi connectivity index (χ3n) is 3.46. The van der Waals surface area contributed by atoms with Crippen molar-refractivity contribution in [1.82, 2.24) is 14.9 Å². The summed E-state index contributed by atoms with van der Waals surface area (Å²) in [5, 5.41) is 9.50. The van der Waals surface area contributed by atoms with Crippen molar-refractivity contribution in [2.24, 2.45) is 5.73 Å². The second-order valence-electron chi connectivity index (χ2n) is 6.59. The lowest BCUT2D eigenvalue weighted by Gasteiger charge is -2.14. The van der Waals surface area contributed by atoms with Gasteiger partial charge in [-0.05, 0) is 24.3 Å². The van der Waals surface area contributed by atoms with Crippen molar-refractivity contribution in [2.45, 2.75) is 31.1 Å². The molecule has 8 nitrogen and oxygen atoms in total. The Hall–Kier alpha value is -2.23. The largest absolute Gasteiger partial charge is 0.329 e. The summed E-state index contributed by atoms with van der Waals surface area (Å²) in [6.07, 6.45) is 0. The number of hydrogen-bond acceptors (Lipinski definition) is 5. The number of hydrogen-bond donors (Lipinski definition) is 4. The molecule has 2 rings (SSSR count). The Labute approximate surface area is 147 Å². The molecule has 0 saturated carbocycles. The van der Waals surface area contributed by atoms with Crippen LogP contribution in [0.1, 0.15) is 37.0 Å². The number of carbonyl (C=O) groups is 1. The van der Waals surface area contributed by atoms with Gasteiger partial charge in [-0.2, -0.15) is 5.10 Å². The molecule has 136 valence electrons. The molecular weight excluding hydrogens is 342 g/mol. The van der Waals surface area contributed by atoms with Crippen molar-refractivity contribution >= 4 is 21.6 Å². The van der Waals surface area contributed by atoms with E-state index in [9.17, 15) is 13.2 Å². The molecule has 25 heavy (non-hydrogen) atoms. The molecule has 0 atom stereocenters. The number of benzene rings is 1. The van der Waals surface area contributed by atoms with Gasteiger partial charge in [0.25, 0.3) is 5.91 Å². The average Bonchev–Trinajstić information content (AvgIpc) is 3.03. The van der Waals surface area contributed by atoms with Gasteiger partial charge in [-0.1, -0.05) is 26.8 Å². The minimum atomic E-state index is -3.66. The molecule has 0 aliphatic heterocycles. The molecule has 2 aromatic rings. The Kier molecular flexibility index (Phi) is 5.61. The maximum absolute atomic E-state index is 12.3. The summed E-state index contributed by atoms with van der Waals surface area (Å²) in [7, 11) is -3.66. The Morgan fingerprint density at radius 2 is 2.00 bits per heavy atom. The first-order chi connectivity index (χ1) is 11.6. The van der Waals surface area contributed by atoms with E-state index in [4.69, 9.17) is 5.73 Å². The van der Waals surface area contributed by atoms with Crippen molar-refractivity contribution in [1.29, 1.82) is 0 Å². The van der Waals surface area contributed by atoms with Crippen LogP contribution in [0.4, 0.5) is 5.69 Å². The number of aromatic amines is 1. The van der Waals surface area contributed by atoms with Crippen LogP contribution >= 0.6 is 0 Å². The molecule has 0 fully saturated rings. The molecule has 0 aliphatic carbocycles. The second-order valence-corrected chi connectivity index (χ2v) is 8.35. The molecule has 1 heterocycles. The predicted molar refractivity (Wildman–Crippen MR) is 95.9 cm³/mol. The first-order valence-electron chi connectivity index (χ1n) is 7.80. The summed E-state index contributed by atoms with van der Waals surface area (Å²) in [5.41, 5.74) is 6.58. The average molecular weight is 365 g/mol. The summed E-state index contributed by atoms with van der Waals surface area (Å²) >= 11 is 0. The molecule has 5 N–H and O–H groups in total. The van der Waals surface area contributed by atoms with Gasteiger partial charge < -0.3 is 11.1 Å². The first-order valence-corrected chi connectivity index (χ1v) is 9.29. The van der Waals surface area contributed by atoms with Gasteiger partial charge in [0, 0.05) is 29.9 Å². The fourth-order valence-electron chi connectivity index (χ4n) is 2.04. The van der Waals surface area contributed by atoms with Crippen molar-refractivity contribution in [2.75, 3.05) is 18.4 Å². The van der Waals surface area contributed by atoms with Gasteiger partial charge in [0.15, 0.2) is 5.69 Å². The number of nitrogens with zero attached hydrogens (tertiary/aromatic N) is 1. The zero-order chi connectivity index (χ0) is 18.7. The number of nitrogens with one attached hydrogen (secondary N) is 3. The van der Waals surface area contributed by atoms with E-state index in [1.54, 1.807) is 18.2 Å². The highest BCUT2D eigenvalue weighted by atomic mass is 32.2. The van der Waals surface area contributed by atoms with Gasteiger partial charge in [0.05, 0.1) is 4.90 Å². The van der Waals surface area contributed by atoms with E-state index in [0.29, 0.717) is 5.69 Å². The minimum absolute atomic E-state index is 0.0520. The van der Waals surface area contributed by atoms with E-state index in [2.05, 4.69) is 20.2 Å². The van der Waals surface area contributed by atoms with Crippen LogP contribution in [0.2, 0.25) is 0 Å². The van der Waals surface area contributed by atoms with E-state index >= 15 is 0 Å². The Morgan fingerprint density at radius 3 is 2.60 bits per heavy atom. The lowest BCUT2D eigenvalue weighted by atomic mass is 9.92. The van der Waals surface area contributed by atoms with Crippen LogP contribution in [-0.2, 0) is 15.4 Å². The fourth-order valence-corrected chi connectivity index (χ4v) is 3.13. The third-order valence-corrected chi connectivity index (χ3v) is 4.92. The van der Waals surface area contributed by atoms with Crippen LogP contribution in [0.25, 0.3) is 0 Å². The number of sulfonamides is 1. The van der Waals surface area contributed by atoms with E-state index < -0.39 is 15.9 Å². The highest BCUT2D eigenvalue weighted by Crippen LogP contribution is 2.21. The molecule has 1 aromatic carbocycles.